The molecule has 41 heavy (non-hydrogen) atoms. The molecule has 8 nitrogen and oxygen atoms in total. The number of hydrogen-bond acceptors (Lipinski definition) is 5. The Morgan fingerprint density at radius 1 is 0.829 bits per heavy atom. The zero-order valence-corrected chi connectivity index (χ0v) is 23.5. The third-order valence-electron chi connectivity index (χ3n) is 6.89. The van der Waals surface area contributed by atoms with Crippen LogP contribution in [0.2, 0.25) is 0 Å². The molecule has 0 spiro atoms. The minimum Gasteiger partial charge on any atom is -0.494 e. The van der Waals surface area contributed by atoms with Gasteiger partial charge in [0.1, 0.15) is 11.4 Å². The minimum absolute atomic E-state index is 0.142. The van der Waals surface area contributed by atoms with Crippen molar-refractivity contribution in [1.29, 1.82) is 0 Å². The molecule has 0 saturated carbocycles. The molecule has 9 heteroatoms. The van der Waals surface area contributed by atoms with E-state index in [-0.39, 0.29) is 11.3 Å². The summed E-state index contributed by atoms with van der Waals surface area (Å²) in [6.45, 7) is 0.497. The topological polar surface area (TPSA) is 114 Å². The van der Waals surface area contributed by atoms with Crippen LogP contribution in [0.4, 0.5) is 0 Å². The second-order valence-corrected chi connectivity index (χ2v) is 11.7. The molecular formula is C32H33N3O5S. The van der Waals surface area contributed by atoms with Crippen LogP contribution < -0.4 is 10.3 Å². The van der Waals surface area contributed by atoms with Gasteiger partial charge in [0.25, 0.3) is 15.7 Å². The van der Waals surface area contributed by atoms with Crippen LogP contribution >= 0.6 is 0 Å². The number of ether oxygens (including phenoxy) is 1. The maximum Gasteiger partial charge on any atom is 0.278 e. The second-order valence-electron chi connectivity index (χ2n) is 10.1. The van der Waals surface area contributed by atoms with Crippen molar-refractivity contribution >= 4 is 10.1 Å². The summed E-state index contributed by atoms with van der Waals surface area (Å²) in [6, 6.07) is 27.7. The van der Waals surface area contributed by atoms with E-state index in [0.717, 1.165) is 40.9 Å². The molecule has 0 bridgehead atoms. The van der Waals surface area contributed by atoms with Crippen LogP contribution in [0, 0.1) is 0 Å². The summed E-state index contributed by atoms with van der Waals surface area (Å²) in [5, 5.41) is 0. The molecule has 3 aromatic carbocycles. The van der Waals surface area contributed by atoms with Crippen molar-refractivity contribution in [3.8, 4) is 22.8 Å². The first kappa shape index (κ1) is 28.3. The van der Waals surface area contributed by atoms with Gasteiger partial charge in [-0.15, -0.1) is 0 Å². The monoisotopic (exact) mass is 571 g/mol. The van der Waals surface area contributed by atoms with Crippen molar-refractivity contribution < 1.29 is 17.7 Å². The number of unbranched alkanes of at least 4 members (excludes halogenated alkanes) is 3. The highest BCUT2D eigenvalue weighted by Crippen LogP contribution is 2.24. The summed E-state index contributed by atoms with van der Waals surface area (Å²) in [7, 11) is -3.90. The van der Waals surface area contributed by atoms with Gasteiger partial charge in [-0.1, -0.05) is 85.6 Å². The Kier molecular flexibility index (Phi) is 8.96. The van der Waals surface area contributed by atoms with E-state index in [1.165, 1.54) is 0 Å². The van der Waals surface area contributed by atoms with Gasteiger partial charge in [0, 0.05) is 19.0 Å². The van der Waals surface area contributed by atoms with Crippen molar-refractivity contribution in [2.75, 3.05) is 12.4 Å². The van der Waals surface area contributed by atoms with E-state index in [1.54, 1.807) is 4.57 Å². The standard InChI is InChI=1S/C32H33N3O5S/c36-32-29(22-25-14-11-17-27(20-25)40-18-9-1-2-10-19-41(37,38)39)34-31-28(21-24-12-5-3-6-13-24)33-30(23-35(31)32)26-15-7-4-8-16-26/h3-8,11-17,20,23,33H,1-2,9-10,18-19,21-22H2,(H,37,38,39). The third-order valence-corrected chi connectivity index (χ3v) is 7.70. The molecule has 0 saturated heterocycles. The van der Waals surface area contributed by atoms with E-state index in [4.69, 9.17) is 14.3 Å². The molecule has 2 aliphatic rings. The minimum atomic E-state index is -3.90. The van der Waals surface area contributed by atoms with Crippen molar-refractivity contribution in [2.24, 2.45) is 0 Å². The normalized spacial score (nSPS) is 11.6. The molecule has 0 fully saturated rings. The number of benzene rings is 3. The summed E-state index contributed by atoms with van der Waals surface area (Å²) in [6.07, 6.45) is 5.54. The van der Waals surface area contributed by atoms with Crippen molar-refractivity contribution in [3.05, 3.63) is 124 Å². The molecule has 0 radical (unpaired) electrons. The van der Waals surface area contributed by atoms with Gasteiger partial charge in [0.05, 0.1) is 23.7 Å². The lowest BCUT2D eigenvalue weighted by Gasteiger charge is -2.13. The van der Waals surface area contributed by atoms with Gasteiger partial charge < -0.3 is 9.72 Å². The first-order valence-electron chi connectivity index (χ1n) is 13.7. The number of fused-ring (bicyclic) bond motifs is 1. The first-order valence-corrected chi connectivity index (χ1v) is 15.4. The smallest absolute Gasteiger partial charge is 0.278 e. The SMILES string of the molecule is O=c1c(Cc2cccc(OCCCCCCS(=O)(=O)O)c2)nc2c(Cc3ccccc3)[nH]c(-c3ccccc3)cn1-2. The lowest BCUT2D eigenvalue weighted by atomic mass is 10.1. The summed E-state index contributed by atoms with van der Waals surface area (Å²) < 4.78 is 38.0. The highest BCUT2D eigenvalue weighted by atomic mass is 32.2. The average molecular weight is 572 g/mol. The summed E-state index contributed by atoms with van der Waals surface area (Å²) in [5.41, 5.74) is 5.07. The quantitative estimate of drug-likeness (QED) is 0.139. The summed E-state index contributed by atoms with van der Waals surface area (Å²) in [5.74, 6) is 1.12. The molecule has 3 aromatic rings. The van der Waals surface area contributed by atoms with Gasteiger partial charge in [-0.3, -0.25) is 13.9 Å². The zero-order valence-electron chi connectivity index (χ0n) is 22.7. The van der Waals surface area contributed by atoms with E-state index < -0.39 is 10.1 Å². The number of H-pyrrole nitrogens is 1. The van der Waals surface area contributed by atoms with Crippen molar-refractivity contribution in [1.82, 2.24) is 14.5 Å². The highest BCUT2D eigenvalue weighted by molar-refractivity contribution is 7.85. The van der Waals surface area contributed by atoms with Crippen LogP contribution in [0.3, 0.4) is 0 Å². The fourth-order valence-corrected chi connectivity index (χ4v) is 5.42. The lowest BCUT2D eigenvalue weighted by molar-refractivity contribution is 0.305. The van der Waals surface area contributed by atoms with E-state index in [0.29, 0.717) is 49.6 Å². The molecule has 5 rings (SSSR count). The number of nitrogens with zero attached hydrogens (tertiary/aromatic N) is 2. The molecule has 0 aliphatic carbocycles. The maximum atomic E-state index is 13.6. The molecule has 0 atom stereocenters. The molecule has 0 aromatic heterocycles. The van der Waals surface area contributed by atoms with Crippen LogP contribution in [0.25, 0.3) is 17.1 Å². The van der Waals surface area contributed by atoms with E-state index in [2.05, 4.69) is 17.1 Å². The van der Waals surface area contributed by atoms with Gasteiger partial charge in [-0.2, -0.15) is 8.42 Å². The van der Waals surface area contributed by atoms with Crippen LogP contribution in [0.15, 0.2) is 95.9 Å². The van der Waals surface area contributed by atoms with E-state index >= 15 is 0 Å². The molecule has 2 heterocycles. The summed E-state index contributed by atoms with van der Waals surface area (Å²) in [4.78, 5) is 21.9. The van der Waals surface area contributed by atoms with Crippen LogP contribution in [0.5, 0.6) is 5.75 Å². The van der Waals surface area contributed by atoms with Crippen molar-refractivity contribution in [2.45, 2.75) is 38.5 Å². The van der Waals surface area contributed by atoms with Gasteiger partial charge in [0.2, 0.25) is 0 Å². The molecule has 212 valence electrons. The number of aromatic amines is 1. The Labute approximate surface area is 239 Å². The molecule has 0 amide bonds. The molecular weight excluding hydrogens is 538 g/mol. The Bertz CT molecular complexity index is 1710. The fraction of sp³-hybridized carbons (Fsp3) is 0.250. The van der Waals surface area contributed by atoms with Gasteiger partial charge in [-0.05, 0) is 41.7 Å². The summed E-state index contributed by atoms with van der Waals surface area (Å²) >= 11 is 0. The fourth-order valence-electron chi connectivity index (χ4n) is 4.85. The van der Waals surface area contributed by atoms with Crippen LogP contribution in [-0.4, -0.2) is 39.9 Å². The van der Waals surface area contributed by atoms with Gasteiger partial charge >= 0.3 is 0 Å². The van der Waals surface area contributed by atoms with Crippen LogP contribution in [0.1, 0.15) is 48.2 Å². The molecule has 0 unspecified atom stereocenters. The maximum absolute atomic E-state index is 13.6. The van der Waals surface area contributed by atoms with E-state index in [1.807, 2.05) is 79.0 Å². The predicted molar refractivity (Wildman–Crippen MR) is 160 cm³/mol. The Balaban J connectivity index is 1.33. The second kappa shape index (κ2) is 13.0. The lowest BCUT2D eigenvalue weighted by Crippen LogP contribution is -2.17. The Morgan fingerprint density at radius 2 is 1.54 bits per heavy atom. The Morgan fingerprint density at radius 3 is 2.29 bits per heavy atom. The number of aromatic nitrogens is 3. The molecule has 2 N–H and O–H groups in total. The van der Waals surface area contributed by atoms with Crippen molar-refractivity contribution in [3.63, 3.8) is 0 Å². The average Bonchev–Trinajstić information content (AvgIpc) is 3.28. The van der Waals surface area contributed by atoms with E-state index in [9.17, 15) is 13.2 Å². The number of rotatable bonds is 13. The van der Waals surface area contributed by atoms with Crippen LogP contribution in [-0.2, 0) is 23.0 Å². The number of imidazole rings is 1. The first-order chi connectivity index (χ1) is 19.9. The largest absolute Gasteiger partial charge is 0.494 e. The van der Waals surface area contributed by atoms with Gasteiger partial charge in [0.15, 0.2) is 5.82 Å². The third kappa shape index (κ3) is 7.71. The number of nitrogens with one attached hydrogen (secondary N) is 1. The van der Waals surface area contributed by atoms with Gasteiger partial charge in [-0.25, -0.2) is 4.98 Å². The number of hydrogen-bond donors (Lipinski definition) is 2. The predicted octanol–water partition coefficient (Wildman–Crippen LogP) is 5.67. The highest BCUT2D eigenvalue weighted by Gasteiger charge is 2.20. The zero-order chi connectivity index (χ0) is 28.7. The molecule has 2 aliphatic heterocycles. The Hall–Kier alpha value is -4.21.